The summed E-state index contributed by atoms with van der Waals surface area (Å²) in [5.41, 5.74) is 1.55. The number of ether oxygens (including phenoxy) is 2. The molecule has 9 heteroatoms. The average molecular weight is 487 g/mol. The number of nitrogens with zero attached hydrogens (tertiary/aromatic N) is 4. The molecule has 1 aliphatic rings. The van der Waals surface area contributed by atoms with Gasteiger partial charge >= 0.3 is 0 Å². The number of fused-ring (bicyclic) bond motifs is 1. The largest absolute Gasteiger partial charge is 0.491 e. The number of nitro benzene ring substituents is 1. The van der Waals surface area contributed by atoms with Crippen LogP contribution in [-0.2, 0) is 4.74 Å². The molecule has 0 N–H and O–H groups in total. The van der Waals surface area contributed by atoms with Gasteiger partial charge in [-0.1, -0.05) is 30.3 Å². The molecule has 0 aliphatic carbocycles. The highest BCUT2D eigenvalue weighted by Gasteiger charge is 2.23. The Labute approximate surface area is 207 Å². The van der Waals surface area contributed by atoms with Gasteiger partial charge in [-0.3, -0.25) is 14.9 Å². The van der Waals surface area contributed by atoms with Gasteiger partial charge in [0, 0.05) is 35.8 Å². The second kappa shape index (κ2) is 9.79. The van der Waals surface area contributed by atoms with Gasteiger partial charge in [0.15, 0.2) is 0 Å². The summed E-state index contributed by atoms with van der Waals surface area (Å²) in [6.45, 7) is 6.34. The first-order valence-corrected chi connectivity index (χ1v) is 11.8. The molecular formula is C27H26N4O5. The van der Waals surface area contributed by atoms with Crippen LogP contribution in [0.5, 0.6) is 5.75 Å². The molecule has 1 saturated heterocycles. The zero-order chi connectivity index (χ0) is 25.2. The van der Waals surface area contributed by atoms with Crippen molar-refractivity contribution in [2.75, 3.05) is 31.2 Å². The summed E-state index contributed by atoms with van der Waals surface area (Å²) in [5.74, 6) is 0.673. The third kappa shape index (κ3) is 4.52. The maximum atomic E-state index is 13.6. The summed E-state index contributed by atoms with van der Waals surface area (Å²) in [5, 5.41) is 17.7. The Morgan fingerprint density at radius 2 is 1.75 bits per heavy atom. The topological polar surface area (TPSA) is 99.7 Å². The second-order valence-corrected chi connectivity index (χ2v) is 8.84. The van der Waals surface area contributed by atoms with Crippen LogP contribution in [-0.4, -0.2) is 47.1 Å². The van der Waals surface area contributed by atoms with Crippen molar-refractivity contribution < 1.29 is 14.4 Å². The normalized spacial score (nSPS) is 13.8. The number of aromatic nitrogens is 2. The highest BCUT2D eigenvalue weighted by atomic mass is 16.6. The Kier molecular flexibility index (Phi) is 6.39. The van der Waals surface area contributed by atoms with Gasteiger partial charge in [-0.25, -0.2) is 0 Å². The predicted octanol–water partition coefficient (Wildman–Crippen LogP) is 4.58. The van der Waals surface area contributed by atoms with Crippen molar-refractivity contribution in [3.63, 3.8) is 0 Å². The minimum atomic E-state index is -0.488. The molecule has 9 nitrogen and oxygen atoms in total. The number of benzene rings is 3. The first-order valence-electron chi connectivity index (χ1n) is 11.8. The van der Waals surface area contributed by atoms with E-state index in [4.69, 9.17) is 14.6 Å². The maximum Gasteiger partial charge on any atom is 0.295 e. The van der Waals surface area contributed by atoms with Crippen molar-refractivity contribution >= 4 is 22.1 Å². The zero-order valence-corrected chi connectivity index (χ0v) is 20.1. The molecular weight excluding hydrogens is 460 g/mol. The molecule has 0 unspecified atom stereocenters. The SMILES string of the molecule is CC(C)Oc1cccc(-c2nn(-c3cc(N4CCOCC4)ccc3[N+](=O)[O-])c(=O)c3ccccc23)c1. The van der Waals surface area contributed by atoms with Crippen molar-refractivity contribution in [3.05, 3.63) is 87.2 Å². The molecule has 1 aromatic heterocycles. The van der Waals surface area contributed by atoms with Gasteiger partial charge in [-0.05, 0) is 44.2 Å². The summed E-state index contributed by atoms with van der Waals surface area (Å²) in [7, 11) is 0. The van der Waals surface area contributed by atoms with E-state index in [1.54, 1.807) is 24.3 Å². The van der Waals surface area contributed by atoms with Gasteiger partial charge in [0.2, 0.25) is 0 Å². The predicted molar refractivity (Wildman–Crippen MR) is 138 cm³/mol. The molecule has 184 valence electrons. The quantitative estimate of drug-likeness (QED) is 0.290. The van der Waals surface area contributed by atoms with E-state index in [0.29, 0.717) is 48.5 Å². The van der Waals surface area contributed by atoms with Crippen molar-refractivity contribution in [1.82, 2.24) is 9.78 Å². The van der Waals surface area contributed by atoms with Crippen LogP contribution in [0.1, 0.15) is 13.8 Å². The van der Waals surface area contributed by atoms with Crippen LogP contribution in [0.3, 0.4) is 0 Å². The zero-order valence-electron chi connectivity index (χ0n) is 20.1. The van der Waals surface area contributed by atoms with E-state index in [1.807, 2.05) is 50.2 Å². The van der Waals surface area contributed by atoms with Crippen molar-refractivity contribution in [2.45, 2.75) is 20.0 Å². The van der Waals surface area contributed by atoms with Crippen LogP contribution >= 0.6 is 0 Å². The molecule has 1 fully saturated rings. The molecule has 5 rings (SSSR count). The average Bonchev–Trinajstić information content (AvgIpc) is 2.89. The smallest absolute Gasteiger partial charge is 0.295 e. The van der Waals surface area contributed by atoms with E-state index < -0.39 is 10.5 Å². The van der Waals surface area contributed by atoms with Crippen molar-refractivity contribution in [3.8, 4) is 22.7 Å². The summed E-state index contributed by atoms with van der Waals surface area (Å²) < 4.78 is 12.4. The van der Waals surface area contributed by atoms with E-state index >= 15 is 0 Å². The van der Waals surface area contributed by atoms with E-state index in [2.05, 4.69) is 4.90 Å². The molecule has 0 atom stereocenters. The van der Waals surface area contributed by atoms with Gasteiger partial charge in [0.05, 0.1) is 35.3 Å². The van der Waals surface area contributed by atoms with E-state index in [-0.39, 0.29) is 17.5 Å². The van der Waals surface area contributed by atoms with Crippen molar-refractivity contribution in [2.24, 2.45) is 0 Å². The van der Waals surface area contributed by atoms with Crippen molar-refractivity contribution in [1.29, 1.82) is 0 Å². The molecule has 0 saturated carbocycles. The molecule has 1 aliphatic heterocycles. The standard InChI is InChI=1S/C27H26N4O5/c1-18(2)36-21-7-5-6-19(16-21)26-22-8-3-4-9-23(22)27(32)30(28-26)25-17-20(10-11-24(25)31(33)34)29-12-14-35-15-13-29/h3-11,16-18H,12-15H2,1-2H3. The van der Waals surface area contributed by atoms with Crippen LogP contribution in [0.25, 0.3) is 27.7 Å². The van der Waals surface area contributed by atoms with Crippen LogP contribution < -0.4 is 15.2 Å². The van der Waals surface area contributed by atoms with Crippen LogP contribution in [0.2, 0.25) is 0 Å². The minimum absolute atomic E-state index is 0.00974. The number of hydrogen-bond acceptors (Lipinski definition) is 7. The number of hydrogen-bond donors (Lipinski definition) is 0. The highest BCUT2D eigenvalue weighted by molar-refractivity contribution is 5.94. The Hall–Kier alpha value is -4.24. The van der Waals surface area contributed by atoms with Gasteiger partial charge in [0.25, 0.3) is 11.2 Å². The number of morpholine rings is 1. The first kappa shape index (κ1) is 23.5. The number of nitro groups is 1. The molecule has 4 aromatic rings. The van der Waals surface area contributed by atoms with E-state index in [1.165, 1.54) is 6.07 Å². The van der Waals surface area contributed by atoms with E-state index in [9.17, 15) is 14.9 Å². The lowest BCUT2D eigenvalue weighted by molar-refractivity contribution is -0.384. The lowest BCUT2D eigenvalue weighted by Gasteiger charge is -2.29. The molecule has 0 amide bonds. The summed E-state index contributed by atoms with van der Waals surface area (Å²) in [6, 6.07) is 19.4. The summed E-state index contributed by atoms with van der Waals surface area (Å²) in [6.07, 6.45) is -0.00974. The first-order chi connectivity index (χ1) is 17.4. The van der Waals surface area contributed by atoms with Crippen LogP contribution in [0.15, 0.2) is 71.5 Å². The molecule has 0 radical (unpaired) electrons. The molecule has 36 heavy (non-hydrogen) atoms. The van der Waals surface area contributed by atoms with Crippen LogP contribution in [0.4, 0.5) is 11.4 Å². The Morgan fingerprint density at radius 3 is 2.47 bits per heavy atom. The fourth-order valence-electron chi connectivity index (χ4n) is 4.41. The fraction of sp³-hybridized carbons (Fsp3) is 0.259. The lowest BCUT2D eigenvalue weighted by atomic mass is 10.0. The molecule has 0 bridgehead atoms. The number of rotatable bonds is 6. The third-order valence-electron chi connectivity index (χ3n) is 6.04. The molecule has 3 aromatic carbocycles. The second-order valence-electron chi connectivity index (χ2n) is 8.84. The lowest BCUT2D eigenvalue weighted by Crippen LogP contribution is -2.36. The fourth-order valence-corrected chi connectivity index (χ4v) is 4.41. The van der Waals surface area contributed by atoms with Gasteiger partial charge in [-0.2, -0.15) is 9.78 Å². The van der Waals surface area contributed by atoms with Gasteiger partial charge < -0.3 is 14.4 Å². The highest BCUT2D eigenvalue weighted by Crippen LogP contribution is 2.31. The molecule has 0 spiro atoms. The monoisotopic (exact) mass is 486 g/mol. The Bertz CT molecular complexity index is 1490. The third-order valence-corrected chi connectivity index (χ3v) is 6.04. The molecule has 2 heterocycles. The maximum absolute atomic E-state index is 13.6. The Balaban J connectivity index is 1.74. The van der Waals surface area contributed by atoms with E-state index in [0.717, 1.165) is 15.9 Å². The number of anilines is 1. The van der Waals surface area contributed by atoms with Gasteiger partial charge in [0.1, 0.15) is 11.4 Å². The van der Waals surface area contributed by atoms with Gasteiger partial charge in [-0.15, -0.1) is 0 Å². The minimum Gasteiger partial charge on any atom is -0.491 e. The van der Waals surface area contributed by atoms with Crippen LogP contribution in [0, 0.1) is 10.1 Å². The Morgan fingerprint density at radius 1 is 1.00 bits per heavy atom. The summed E-state index contributed by atoms with van der Waals surface area (Å²) >= 11 is 0. The summed E-state index contributed by atoms with van der Waals surface area (Å²) in [4.78, 5) is 27.2.